The first kappa shape index (κ1) is 20.9. The lowest BCUT2D eigenvalue weighted by atomic mass is 10.1. The van der Waals surface area contributed by atoms with Gasteiger partial charge >= 0.3 is 5.97 Å². The SMILES string of the molecule is COC(=O)c1ccc(C#CC#Cc2ccc(SCC[Si](C)(C)C)cc2)cc1. The van der Waals surface area contributed by atoms with Crippen molar-refractivity contribution in [2.24, 2.45) is 0 Å². The molecular formula is C23H24O2SSi. The third kappa shape index (κ3) is 7.79. The minimum atomic E-state index is -0.964. The van der Waals surface area contributed by atoms with Gasteiger partial charge in [-0.25, -0.2) is 4.79 Å². The minimum Gasteiger partial charge on any atom is -0.465 e. The van der Waals surface area contributed by atoms with E-state index in [-0.39, 0.29) is 5.97 Å². The Bertz CT molecular complexity index is 886. The number of hydrogen-bond donors (Lipinski definition) is 0. The van der Waals surface area contributed by atoms with E-state index in [1.807, 2.05) is 23.9 Å². The second kappa shape index (κ2) is 10.1. The molecular weight excluding hydrogens is 368 g/mol. The summed E-state index contributed by atoms with van der Waals surface area (Å²) < 4.78 is 4.67. The molecule has 4 heteroatoms. The van der Waals surface area contributed by atoms with Gasteiger partial charge in [0.1, 0.15) is 0 Å². The van der Waals surface area contributed by atoms with Gasteiger partial charge in [0.05, 0.1) is 12.7 Å². The normalized spacial score (nSPS) is 10.2. The first-order valence-electron chi connectivity index (χ1n) is 8.81. The fourth-order valence-corrected chi connectivity index (χ4v) is 5.55. The van der Waals surface area contributed by atoms with E-state index >= 15 is 0 Å². The zero-order valence-corrected chi connectivity index (χ0v) is 18.1. The minimum absolute atomic E-state index is 0.351. The average Bonchev–Trinajstić information content (AvgIpc) is 2.65. The Balaban J connectivity index is 1.91. The molecule has 0 bridgehead atoms. The fraction of sp³-hybridized carbons (Fsp3) is 0.261. The number of ether oxygens (including phenoxy) is 1. The Morgan fingerprint density at radius 2 is 1.44 bits per heavy atom. The van der Waals surface area contributed by atoms with Gasteiger partial charge in [-0.2, -0.15) is 0 Å². The van der Waals surface area contributed by atoms with Gasteiger partial charge < -0.3 is 4.74 Å². The Morgan fingerprint density at radius 1 is 0.926 bits per heavy atom. The average molecular weight is 393 g/mol. The summed E-state index contributed by atoms with van der Waals surface area (Å²) in [5.41, 5.74) is 2.28. The lowest BCUT2D eigenvalue weighted by molar-refractivity contribution is 0.0600. The molecule has 138 valence electrons. The van der Waals surface area contributed by atoms with Crippen LogP contribution in [0.15, 0.2) is 53.4 Å². The van der Waals surface area contributed by atoms with E-state index in [0.29, 0.717) is 5.56 Å². The molecule has 0 unspecified atom stereocenters. The van der Waals surface area contributed by atoms with Crippen molar-refractivity contribution in [2.75, 3.05) is 12.9 Å². The zero-order valence-electron chi connectivity index (χ0n) is 16.3. The van der Waals surface area contributed by atoms with Gasteiger partial charge in [0.2, 0.25) is 0 Å². The zero-order chi connectivity index (χ0) is 19.7. The summed E-state index contributed by atoms with van der Waals surface area (Å²) in [5.74, 6) is 12.6. The Morgan fingerprint density at radius 3 is 1.93 bits per heavy atom. The van der Waals surface area contributed by atoms with Crippen LogP contribution in [0.2, 0.25) is 25.7 Å². The molecule has 27 heavy (non-hydrogen) atoms. The van der Waals surface area contributed by atoms with E-state index in [9.17, 15) is 4.79 Å². The molecule has 0 saturated carbocycles. The van der Waals surface area contributed by atoms with Crippen LogP contribution < -0.4 is 0 Å². The van der Waals surface area contributed by atoms with E-state index in [1.165, 1.54) is 23.8 Å². The largest absolute Gasteiger partial charge is 0.465 e. The van der Waals surface area contributed by atoms with Crippen molar-refractivity contribution in [3.8, 4) is 23.7 Å². The van der Waals surface area contributed by atoms with Crippen LogP contribution in [0.5, 0.6) is 0 Å². The van der Waals surface area contributed by atoms with E-state index in [2.05, 4.69) is 60.2 Å². The molecule has 0 N–H and O–H groups in total. The van der Waals surface area contributed by atoms with Crippen molar-refractivity contribution in [1.29, 1.82) is 0 Å². The highest BCUT2D eigenvalue weighted by Crippen LogP contribution is 2.22. The molecule has 2 aromatic rings. The van der Waals surface area contributed by atoms with Crippen LogP contribution in [0, 0.1) is 23.7 Å². The molecule has 0 aliphatic heterocycles. The molecule has 0 aliphatic carbocycles. The molecule has 0 saturated heterocycles. The predicted octanol–water partition coefficient (Wildman–Crippen LogP) is 5.31. The maximum Gasteiger partial charge on any atom is 0.337 e. The third-order valence-corrected chi connectivity index (χ3v) is 6.88. The number of rotatable bonds is 5. The van der Waals surface area contributed by atoms with Crippen LogP contribution in [0.1, 0.15) is 21.5 Å². The van der Waals surface area contributed by atoms with E-state index in [4.69, 9.17) is 0 Å². The monoisotopic (exact) mass is 392 g/mol. The Labute approximate surface area is 167 Å². The van der Waals surface area contributed by atoms with Crippen LogP contribution in [0.25, 0.3) is 0 Å². The highest BCUT2D eigenvalue weighted by atomic mass is 32.2. The highest BCUT2D eigenvalue weighted by molar-refractivity contribution is 7.99. The smallest absolute Gasteiger partial charge is 0.337 e. The summed E-state index contributed by atoms with van der Waals surface area (Å²) in [4.78, 5) is 12.7. The van der Waals surface area contributed by atoms with Crippen molar-refractivity contribution in [1.82, 2.24) is 0 Å². The second-order valence-electron chi connectivity index (χ2n) is 7.25. The van der Waals surface area contributed by atoms with Crippen LogP contribution in [-0.4, -0.2) is 26.9 Å². The molecule has 0 amide bonds. The molecule has 0 fully saturated rings. The van der Waals surface area contributed by atoms with Gasteiger partial charge in [-0.3, -0.25) is 0 Å². The molecule has 2 rings (SSSR count). The van der Waals surface area contributed by atoms with E-state index < -0.39 is 8.07 Å². The maximum atomic E-state index is 11.4. The summed E-state index contributed by atoms with van der Waals surface area (Å²) in [6, 6.07) is 16.6. The number of esters is 1. The van der Waals surface area contributed by atoms with Crippen LogP contribution in [0.4, 0.5) is 0 Å². The van der Waals surface area contributed by atoms with Crippen LogP contribution in [-0.2, 0) is 4.74 Å². The quantitative estimate of drug-likeness (QED) is 0.299. The van der Waals surface area contributed by atoms with Crippen molar-refractivity contribution in [3.05, 3.63) is 65.2 Å². The van der Waals surface area contributed by atoms with Crippen molar-refractivity contribution < 1.29 is 9.53 Å². The Hall–Kier alpha value is -2.40. The van der Waals surface area contributed by atoms with Gasteiger partial charge in [0, 0.05) is 24.1 Å². The fourth-order valence-electron chi connectivity index (χ4n) is 2.12. The number of carbonyl (C=O) groups excluding carboxylic acids is 1. The van der Waals surface area contributed by atoms with Gasteiger partial charge in [0.15, 0.2) is 0 Å². The summed E-state index contributed by atoms with van der Waals surface area (Å²) >= 11 is 1.91. The summed E-state index contributed by atoms with van der Waals surface area (Å²) in [7, 11) is 0.401. The molecule has 0 heterocycles. The number of hydrogen-bond acceptors (Lipinski definition) is 3. The van der Waals surface area contributed by atoms with Gasteiger partial charge in [-0.05, 0) is 72.2 Å². The molecule has 0 atom stereocenters. The van der Waals surface area contributed by atoms with Gasteiger partial charge in [0.25, 0.3) is 0 Å². The second-order valence-corrected chi connectivity index (χ2v) is 14.0. The van der Waals surface area contributed by atoms with Crippen LogP contribution in [0.3, 0.4) is 0 Å². The van der Waals surface area contributed by atoms with E-state index in [0.717, 1.165) is 11.1 Å². The molecule has 2 aromatic carbocycles. The topological polar surface area (TPSA) is 26.3 Å². The summed E-state index contributed by atoms with van der Waals surface area (Å²) in [6.45, 7) is 7.21. The molecule has 0 spiro atoms. The van der Waals surface area contributed by atoms with E-state index in [1.54, 1.807) is 24.3 Å². The van der Waals surface area contributed by atoms with Crippen molar-refractivity contribution in [3.63, 3.8) is 0 Å². The molecule has 2 nitrogen and oxygen atoms in total. The first-order valence-corrected chi connectivity index (χ1v) is 13.5. The summed E-state index contributed by atoms with van der Waals surface area (Å²) in [5, 5.41) is 0. The lowest BCUT2D eigenvalue weighted by Gasteiger charge is -2.14. The number of carbonyl (C=O) groups is 1. The third-order valence-electron chi connectivity index (χ3n) is 3.76. The van der Waals surface area contributed by atoms with Crippen molar-refractivity contribution >= 4 is 25.8 Å². The van der Waals surface area contributed by atoms with Crippen molar-refractivity contribution in [2.45, 2.75) is 30.6 Å². The number of benzene rings is 2. The summed E-state index contributed by atoms with van der Waals surface area (Å²) in [6.07, 6.45) is 0. The highest BCUT2D eigenvalue weighted by Gasteiger charge is 2.12. The standard InChI is InChI=1S/C23H24O2SSi/c1-25-23(24)21-13-9-19(10-14-21)7-5-6-8-20-11-15-22(16-12-20)26-17-18-27(2,3)4/h9-16H,17-18H2,1-4H3. The Kier molecular flexibility index (Phi) is 7.79. The molecule has 0 aliphatic rings. The van der Waals surface area contributed by atoms with Gasteiger partial charge in [-0.15, -0.1) is 11.8 Å². The van der Waals surface area contributed by atoms with Crippen LogP contribution >= 0.6 is 11.8 Å². The molecule has 0 radical (unpaired) electrons. The number of thioether (sulfide) groups is 1. The van der Waals surface area contributed by atoms with Gasteiger partial charge in [-0.1, -0.05) is 31.5 Å². The number of methoxy groups -OCH3 is 1. The first-order chi connectivity index (χ1) is 12.9. The predicted molar refractivity (Wildman–Crippen MR) is 117 cm³/mol. The maximum absolute atomic E-state index is 11.4. The molecule has 0 aromatic heterocycles. The lowest BCUT2D eigenvalue weighted by Crippen LogP contribution is -2.19.